The highest BCUT2D eigenvalue weighted by Crippen LogP contribution is 2.14. The van der Waals surface area contributed by atoms with Crippen LogP contribution in [0.15, 0.2) is 12.7 Å². The first-order valence-corrected chi connectivity index (χ1v) is 5.77. The van der Waals surface area contributed by atoms with Crippen molar-refractivity contribution in [3.05, 3.63) is 12.7 Å². The average molecular weight is 213 g/mol. The molecule has 0 aromatic rings. The smallest absolute Gasteiger partial charge is 0.0670 e. The van der Waals surface area contributed by atoms with Crippen LogP contribution < -0.4 is 0 Å². The summed E-state index contributed by atoms with van der Waals surface area (Å²) in [5, 5.41) is 9.84. The third kappa shape index (κ3) is 3.93. The minimum absolute atomic E-state index is 0.244. The van der Waals surface area contributed by atoms with E-state index in [0.29, 0.717) is 12.1 Å². The molecule has 1 fully saturated rings. The predicted molar refractivity (Wildman–Crippen MR) is 61.9 cm³/mol. The number of hydrogen-bond donors (Lipinski definition) is 1. The van der Waals surface area contributed by atoms with Gasteiger partial charge in [-0.3, -0.25) is 4.90 Å². The van der Waals surface area contributed by atoms with Crippen LogP contribution in [0.25, 0.3) is 0 Å². The lowest BCUT2D eigenvalue weighted by Crippen LogP contribution is -2.52. The predicted octanol–water partition coefficient (Wildman–Crippen LogP) is 1.42. The van der Waals surface area contributed by atoms with Crippen molar-refractivity contribution in [2.24, 2.45) is 0 Å². The summed E-state index contributed by atoms with van der Waals surface area (Å²) >= 11 is 0. The average Bonchev–Trinajstić information content (AvgIpc) is 2.21. The molecule has 0 spiro atoms. The number of nitrogens with zero attached hydrogens (tertiary/aromatic N) is 1. The molecular weight excluding hydrogens is 190 g/mol. The maximum Gasteiger partial charge on any atom is 0.0670 e. The molecule has 0 amide bonds. The molecule has 3 heteroatoms. The standard InChI is InChI=1S/C12H23NO2/c1-4-5-6-12(14)7-13-10(2)8-15-9-11(13)3/h4,10-12,14H,1,5-9H2,2-3H3. The molecule has 3 unspecified atom stereocenters. The molecule has 1 aliphatic heterocycles. The van der Waals surface area contributed by atoms with Crippen LogP contribution in [-0.2, 0) is 4.74 Å². The van der Waals surface area contributed by atoms with E-state index in [1.165, 1.54) is 0 Å². The van der Waals surface area contributed by atoms with E-state index in [1.54, 1.807) is 0 Å². The molecule has 0 aromatic heterocycles. The van der Waals surface area contributed by atoms with E-state index in [-0.39, 0.29) is 6.10 Å². The molecule has 1 N–H and O–H groups in total. The highest BCUT2D eigenvalue weighted by Gasteiger charge is 2.26. The molecule has 15 heavy (non-hydrogen) atoms. The van der Waals surface area contributed by atoms with Crippen LogP contribution in [0, 0.1) is 0 Å². The number of β-amino-alcohol motifs (C(OH)–C–C–N with tert-alkyl or cyclic N) is 1. The number of morpholine rings is 1. The zero-order valence-electron chi connectivity index (χ0n) is 9.85. The highest BCUT2D eigenvalue weighted by molar-refractivity contribution is 4.80. The molecule has 0 radical (unpaired) electrons. The molecule has 0 aliphatic carbocycles. The monoisotopic (exact) mass is 213 g/mol. The minimum Gasteiger partial charge on any atom is -0.392 e. The van der Waals surface area contributed by atoms with Gasteiger partial charge in [-0.15, -0.1) is 6.58 Å². The number of rotatable bonds is 5. The lowest BCUT2D eigenvalue weighted by molar-refractivity contribution is -0.0539. The minimum atomic E-state index is -0.244. The Morgan fingerprint density at radius 1 is 1.47 bits per heavy atom. The van der Waals surface area contributed by atoms with Crippen molar-refractivity contribution in [1.29, 1.82) is 0 Å². The summed E-state index contributed by atoms with van der Waals surface area (Å²) in [6.45, 7) is 10.3. The van der Waals surface area contributed by atoms with Crippen molar-refractivity contribution in [1.82, 2.24) is 4.90 Å². The third-order valence-electron chi connectivity index (χ3n) is 2.98. The van der Waals surface area contributed by atoms with Gasteiger partial charge in [0.15, 0.2) is 0 Å². The first-order valence-electron chi connectivity index (χ1n) is 5.77. The molecular formula is C12H23NO2. The summed E-state index contributed by atoms with van der Waals surface area (Å²) < 4.78 is 5.45. The Hall–Kier alpha value is -0.380. The molecule has 0 bridgehead atoms. The zero-order valence-corrected chi connectivity index (χ0v) is 9.85. The SMILES string of the molecule is C=CCCC(O)CN1C(C)COCC1C. The molecule has 1 rings (SSSR count). The maximum atomic E-state index is 9.84. The number of hydrogen-bond acceptors (Lipinski definition) is 3. The van der Waals surface area contributed by atoms with Gasteiger partial charge in [0.1, 0.15) is 0 Å². The second-order valence-corrected chi connectivity index (χ2v) is 4.45. The Labute approximate surface area is 92.7 Å². The van der Waals surface area contributed by atoms with Crippen molar-refractivity contribution in [2.45, 2.75) is 44.9 Å². The molecule has 1 saturated heterocycles. The van der Waals surface area contributed by atoms with Crippen LogP contribution in [0.5, 0.6) is 0 Å². The Morgan fingerprint density at radius 2 is 2.07 bits per heavy atom. The highest BCUT2D eigenvalue weighted by atomic mass is 16.5. The second kappa shape index (κ2) is 6.26. The van der Waals surface area contributed by atoms with Gasteiger partial charge in [-0.05, 0) is 26.7 Å². The third-order valence-corrected chi connectivity index (χ3v) is 2.98. The lowest BCUT2D eigenvalue weighted by Gasteiger charge is -2.39. The number of allylic oxidation sites excluding steroid dienone is 1. The molecule has 3 atom stereocenters. The largest absolute Gasteiger partial charge is 0.392 e. The number of ether oxygens (including phenoxy) is 1. The Morgan fingerprint density at radius 3 is 2.60 bits per heavy atom. The first-order chi connectivity index (χ1) is 7.15. The quantitative estimate of drug-likeness (QED) is 0.701. The van der Waals surface area contributed by atoms with Gasteiger partial charge in [-0.2, -0.15) is 0 Å². The van der Waals surface area contributed by atoms with Gasteiger partial charge in [0.2, 0.25) is 0 Å². The van der Waals surface area contributed by atoms with Crippen molar-refractivity contribution >= 4 is 0 Å². The normalized spacial score (nSPS) is 30.1. The summed E-state index contributed by atoms with van der Waals surface area (Å²) in [5.41, 5.74) is 0. The second-order valence-electron chi connectivity index (χ2n) is 4.45. The molecule has 1 aliphatic rings. The van der Waals surface area contributed by atoms with Crippen LogP contribution in [0.1, 0.15) is 26.7 Å². The number of aliphatic hydroxyl groups excluding tert-OH is 1. The van der Waals surface area contributed by atoms with Crippen molar-refractivity contribution in [3.8, 4) is 0 Å². The summed E-state index contributed by atoms with van der Waals surface area (Å²) in [6.07, 6.45) is 3.30. The molecule has 3 nitrogen and oxygen atoms in total. The van der Waals surface area contributed by atoms with E-state index in [4.69, 9.17) is 4.74 Å². The fourth-order valence-corrected chi connectivity index (χ4v) is 2.04. The van der Waals surface area contributed by atoms with E-state index in [0.717, 1.165) is 32.6 Å². The Kier molecular flexibility index (Phi) is 5.29. The maximum absolute atomic E-state index is 9.84. The zero-order chi connectivity index (χ0) is 11.3. The molecule has 0 aromatic carbocycles. The van der Waals surface area contributed by atoms with Gasteiger partial charge in [-0.25, -0.2) is 0 Å². The van der Waals surface area contributed by atoms with Crippen LogP contribution in [0.2, 0.25) is 0 Å². The number of aliphatic hydroxyl groups is 1. The van der Waals surface area contributed by atoms with E-state index >= 15 is 0 Å². The topological polar surface area (TPSA) is 32.7 Å². The van der Waals surface area contributed by atoms with Crippen molar-refractivity contribution in [2.75, 3.05) is 19.8 Å². The van der Waals surface area contributed by atoms with Gasteiger partial charge in [-0.1, -0.05) is 6.08 Å². The van der Waals surface area contributed by atoms with Gasteiger partial charge in [0.25, 0.3) is 0 Å². The van der Waals surface area contributed by atoms with E-state index in [1.807, 2.05) is 6.08 Å². The molecule has 88 valence electrons. The van der Waals surface area contributed by atoms with Crippen molar-refractivity contribution in [3.63, 3.8) is 0 Å². The van der Waals surface area contributed by atoms with Crippen LogP contribution in [0.3, 0.4) is 0 Å². The molecule has 1 heterocycles. The first kappa shape index (κ1) is 12.7. The van der Waals surface area contributed by atoms with Gasteiger partial charge >= 0.3 is 0 Å². The fourth-order valence-electron chi connectivity index (χ4n) is 2.04. The van der Waals surface area contributed by atoms with Crippen LogP contribution >= 0.6 is 0 Å². The van der Waals surface area contributed by atoms with Gasteiger partial charge in [0, 0.05) is 18.6 Å². The van der Waals surface area contributed by atoms with E-state index < -0.39 is 0 Å². The van der Waals surface area contributed by atoms with Gasteiger partial charge in [0.05, 0.1) is 19.3 Å². The Balaban J connectivity index is 2.36. The summed E-state index contributed by atoms with van der Waals surface area (Å²) in [5.74, 6) is 0. The lowest BCUT2D eigenvalue weighted by atomic mass is 10.1. The summed E-state index contributed by atoms with van der Waals surface area (Å²) in [7, 11) is 0. The van der Waals surface area contributed by atoms with Crippen molar-refractivity contribution < 1.29 is 9.84 Å². The summed E-state index contributed by atoms with van der Waals surface area (Å²) in [4.78, 5) is 2.33. The van der Waals surface area contributed by atoms with E-state index in [2.05, 4.69) is 25.3 Å². The van der Waals surface area contributed by atoms with Crippen LogP contribution in [0.4, 0.5) is 0 Å². The Bertz CT molecular complexity index is 186. The van der Waals surface area contributed by atoms with E-state index in [9.17, 15) is 5.11 Å². The molecule has 0 saturated carbocycles. The van der Waals surface area contributed by atoms with Crippen LogP contribution in [-0.4, -0.2) is 48.0 Å². The fraction of sp³-hybridized carbons (Fsp3) is 0.833. The van der Waals surface area contributed by atoms with Gasteiger partial charge < -0.3 is 9.84 Å². The summed E-state index contributed by atoms with van der Waals surface area (Å²) in [6, 6.07) is 0.819.